The molecule has 0 spiro atoms. The SMILES string of the molecule is CS(=O)(=O)Cc1ccc(N2C[C@H]3C[C@@H](Oc4ccc(F)cc4)[C@H](O)C[C@H]3C2)nc1. The van der Waals surface area contributed by atoms with Gasteiger partial charge in [-0.1, -0.05) is 6.07 Å². The van der Waals surface area contributed by atoms with Gasteiger partial charge in [0, 0.05) is 25.5 Å². The van der Waals surface area contributed by atoms with Gasteiger partial charge in [0.1, 0.15) is 23.5 Å². The highest BCUT2D eigenvalue weighted by molar-refractivity contribution is 7.89. The first kappa shape index (κ1) is 20.1. The normalized spacial score (nSPS) is 26.9. The fourth-order valence-electron chi connectivity index (χ4n) is 4.38. The monoisotopic (exact) mass is 420 g/mol. The molecule has 1 N–H and O–H groups in total. The molecule has 1 saturated carbocycles. The van der Waals surface area contributed by atoms with E-state index in [-0.39, 0.29) is 17.7 Å². The van der Waals surface area contributed by atoms with Crippen molar-refractivity contribution in [1.82, 2.24) is 4.98 Å². The molecular formula is C21H25FN2O4S. The third kappa shape index (κ3) is 4.87. The van der Waals surface area contributed by atoms with Gasteiger partial charge >= 0.3 is 0 Å². The van der Waals surface area contributed by atoms with Crippen molar-refractivity contribution in [1.29, 1.82) is 0 Å². The Labute approximate surface area is 170 Å². The molecule has 0 unspecified atom stereocenters. The van der Waals surface area contributed by atoms with E-state index in [2.05, 4.69) is 9.88 Å². The number of hydrogen-bond acceptors (Lipinski definition) is 6. The lowest BCUT2D eigenvalue weighted by atomic mass is 9.78. The average Bonchev–Trinajstić information content (AvgIpc) is 3.06. The Bertz CT molecular complexity index is 950. The van der Waals surface area contributed by atoms with Gasteiger partial charge < -0.3 is 14.7 Å². The van der Waals surface area contributed by atoms with Gasteiger partial charge in [-0.3, -0.25) is 0 Å². The van der Waals surface area contributed by atoms with Crippen molar-refractivity contribution in [3.8, 4) is 5.75 Å². The van der Waals surface area contributed by atoms with Crippen LogP contribution in [0.5, 0.6) is 5.75 Å². The molecule has 2 heterocycles. The van der Waals surface area contributed by atoms with Crippen molar-refractivity contribution < 1.29 is 22.7 Å². The molecule has 4 rings (SSSR count). The molecule has 1 saturated heterocycles. The maximum Gasteiger partial charge on any atom is 0.151 e. The number of rotatable bonds is 5. The number of nitrogens with zero attached hydrogens (tertiary/aromatic N) is 2. The number of hydrogen-bond donors (Lipinski definition) is 1. The molecule has 1 aromatic heterocycles. The maximum absolute atomic E-state index is 13.1. The highest BCUT2D eigenvalue weighted by atomic mass is 32.2. The molecule has 1 aliphatic carbocycles. The predicted octanol–water partition coefficient (Wildman–Crippen LogP) is 2.42. The Hall–Kier alpha value is -2.19. The lowest BCUT2D eigenvalue weighted by Gasteiger charge is -2.35. The molecule has 0 amide bonds. The van der Waals surface area contributed by atoms with Crippen LogP contribution in [0.15, 0.2) is 42.6 Å². The molecule has 1 aliphatic heterocycles. The number of sulfone groups is 1. The number of ether oxygens (including phenoxy) is 1. The molecule has 2 fully saturated rings. The zero-order valence-electron chi connectivity index (χ0n) is 16.2. The van der Waals surface area contributed by atoms with E-state index in [0.29, 0.717) is 29.6 Å². The van der Waals surface area contributed by atoms with Gasteiger partial charge in [0.15, 0.2) is 9.84 Å². The van der Waals surface area contributed by atoms with E-state index in [1.54, 1.807) is 24.4 Å². The minimum Gasteiger partial charge on any atom is -0.488 e. The summed E-state index contributed by atoms with van der Waals surface area (Å²) >= 11 is 0. The number of anilines is 1. The van der Waals surface area contributed by atoms with Crippen LogP contribution in [0.25, 0.3) is 0 Å². The van der Waals surface area contributed by atoms with Crippen molar-refractivity contribution in [3.63, 3.8) is 0 Å². The van der Waals surface area contributed by atoms with Crippen molar-refractivity contribution in [2.24, 2.45) is 11.8 Å². The van der Waals surface area contributed by atoms with E-state index in [1.165, 1.54) is 18.4 Å². The third-order valence-electron chi connectivity index (χ3n) is 5.75. The highest BCUT2D eigenvalue weighted by Crippen LogP contribution is 2.39. The lowest BCUT2D eigenvalue weighted by molar-refractivity contribution is -0.0231. The van der Waals surface area contributed by atoms with Crippen molar-refractivity contribution >= 4 is 15.7 Å². The maximum atomic E-state index is 13.1. The second-order valence-electron chi connectivity index (χ2n) is 8.17. The van der Waals surface area contributed by atoms with Gasteiger partial charge in [-0.05, 0) is 60.6 Å². The molecule has 2 aliphatic rings. The lowest BCUT2D eigenvalue weighted by Crippen LogP contribution is -2.42. The van der Waals surface area contributed by atoms with Gasteiger partial charge in [-0.15, -0.1) is 0 Å². The Morgan fingerprint density at radius 1 is 1.14 bits per heavy atom. The van der Waals surface area contributed by atoms with E-state index < -0.39 is 15.9 Å². The van der Waals surface area contributed by atoms with Crippen LogP contribution < -0.4 is 9.64 Å². The Morgan fingerprint density at radius 3 is 2.45 bits per heavy atom. The molecule has 29 heavy (non-hydrogen) atoms. The first-order valence-corrected chi connectivity index (χ1v) is 11.8. The van der Waals surface area contributed by atoms with E-state index >= 15 is 0 Å². The molecule has 0 bridgehead atoms. The highest BCUT2D eigenvalue weighted by Gasteiger charge is 2.43. The van der Waals surface area contributed by atoms with Crippen LogP contribution in [-0.2, 0) is 15.6 Å². The summed E-state index contributed by atoms with van der Waals surface area (Å²) in [5.74, 6) is 1.79. The summed E-state index contributed by atoms with van der Waals surface area (Å²) in [6, 6.07) is 9.53. The average molecular weight is 421 g/mol. The first-order chi connectivity index (χ1) is 13.8. The van der Waals surface area contributed by atoms with E-state index in [1.807, 2.05) is 6.07 Å². The van der Waals surface area contributed by atoms with Crippen LogP contribution >= 0.6 is 0 Å². The molecule has 6 nitrogen and oxygen atoms in total. The summed E-state index contributed by atoms with van der Waals surface area (Å²) in [7, 11) is -3.08. The van der Waals surface area contributed by atoms with Crippen LogP contribution in [0.2, 0.25) is 0 Å². The minimum atomic E-state index is -3.08. The molecule has 8 heteroatoms. The summed E-state index contributed by atoms with van der Waals surface area (Å²) < 4.78 is 41.9. The third-order valence-corrected chi connectivity index (χ3v) is 6.61. The summed E-state index contributed by atoms with van der Waals surface area (Å²) in [5.41, 5.74) is 0.677. The van der Waals surface area contributed by atoms with E-state index in [9.17, 15) is 17.9 Å². The van der Waals surface area contributed by atoms with E-state index in [4.69, 9.17) is 4.74 Å². The van der Waals surface area contributed by atoms with Gasteiger partial charge in [-0.2, -0.15) is 0 Å². The predicted molar refractivity (Wildman–Crippen MR) is 108 cm³/mol. The summed E-state index contributed by atoms with van der Waals surface area (Å²) in [5, 5.41) is 10.5. The standard InChI is InChI=1S/C21H25FN2O4S/c1-29(26,27)13-14-2-7-21(23-10-14)24-11-15-8-19(25)20(9-16(15)12-24)28-18-5-3-17(22)4-6-18/h2-7,10,15-16,19-20,25H,8-9,11-13H2,1H3/t15-,16+,19+,20+/m0/s1. The van der Waals surface area contributed by atoms with Crippen molar-refractivity contribution in [2.45, 2.75) is 30.8 Å². The van der Waals surface area contributed by atoms with Crippen LogP contribution in [-0.4, -0.2) is 50.1 Å². The fraction of sp³-hybridized carbons (Fsp3) is 0.476. The second-order valence-corrected chi connectivity index (χ2v) is 10.3. The van der Waals surface area contributed by atoms with Crippen molar-refractivity contribution in [2.75, 3.05) is 24.2 Å². The number of aliphatic hydroxyl groups is 1. The molecule has 1 aromatic carbocycles. The first-order valence-electron chi connectivity index (χ1n) is 9.75. The minimum absolute atomic E-state index is 0.0138. The largest absolute Gasteiger partial charge is 0.488 e. The van der Waals surface area contributed by atoms with Gasteiger partial charge in [-0.25, -0.2) is 17.8 Å². The number of pyridine rings is 1. The van der Waals surface area contributed by atoms with Gasteiger partial charge in [0.05, 0.1) is 11.9 Å². The summed E-state index contributed by atoms with van der Waals surface area (Å²) in [6.07, 6.45) is 3.33. The van der Waals surface area contributed by atoms with E-state index in [0.717, 1.165) is 25.3 Å². The number of fused-ring (bicyclic) bond motifs is 1. The number of benzene rings is 1. The van der Waals surface area contributed by atoms with Crippen LogP contribution in [0.3, 0.4) is 0 Å². The Kier molecular flexibility index (Phi) is 5.48. The van der Waals surface area contributed by atoms with Gasteiger partial charge in [0.25, 0.3) is 0 Å². The van der Waals surface area contributed by atoms with Crippen LogP contribution in [0.1, 0.15) is 18.4 Å². The molecule has 4 atom stereocenters. The molecule has 2 aromatic rings. The molecule has 156 valence electrons. The Balaban J connectivity index is 1.40. The topological polar surface area (TPSA) is 79.7 Å². The quantitative estimate of drug-likeness (QED) is 0.800. The summed E-state index contributed by atoms with van der Waals surface area (Å²) in [6.45, 7) is 1.63. The molecular weight excluding hydrogens is 395 g/mol. The smallest absolute Gasteiger partial charge is 0.151 e. The number of aromatic nitrogens is 1. The number of halogens is 1. The second kappa shape index (κ2) is 7.91. The Morgan fingerprint density at radius 2 is 1.83 bits per heavy atom. The van der Waals surface area contributed by atoms with Crippen LogP contribution in [0.4, 0.5) is 10.2 Å². The molecule has 0 radical (unpaired) electrons. The summed E-state index contributed by atoms with van der Waals surface area (Å²) in [4.78, 5) is 6.64. The van der Waals surface area contributed by atoms with Crippen LogP contribution in [0, 0.1) is 17.7 Å². The number of aliphatic hydroxyl groups excluding tert-OH is 1. The zero-order chi connectivity index (χ0) is 20.6. The zero-order valence-corrected chi connectivity index (χ0v) is 17.1. The van der Waals surface area contributed by atoms with Crippen molar-refractivity contribution in [3.05, 3.63) is 54.0 Å². The van der Waals surface area contributed by atoms with Gasteiger partial charge in [0.2, 0.25) is 0 Å². The fourth-order valence-corrected chi connectivity index (χ4v) is 5.16.